The molecule has 1 aromatic carbocycles. The second-order valence-corrected chi connectivity index (χ2v) is 5.01. The van der Waals surface area contributed by atoms with E-state index >= 15 is 0 Å². The van der Waals surface area contributed by atoms with Gasteiger partial charge in [-0.1, -0.05) is 24.3 Å². The van der Waals surface area contributed by atoms with Crippen LogP contribution < -0.4 is 9.47 Å². The summed E-state index contributed by atoms with van der Waals surface area (Å²) in [5.74, 6) is 1.21. The van der Waals surface area contributed by atoms with Crippen LogP contribution in [0.1, 0.15) is 12.8 Å². The molecule has 0 bridgehead atoms. The lowest BCUT2D eigenvalue weighted by Crippen LogP contribution is -2.30. The summed E-state index contributed by atoms with van der Waals surface area (Å²) in [7, 11) is 0. The van der Waals surface area contributed by atoms with Crippen LogP contribution in [0.3, 0.4) is 0 Å². The third-order valence-electron chi connectivity index (χ3n) is 2.83. The molecular formula is C14H16ClNO2S. The van der Waals surface area contributed by atoms with Crippen LogP contribution in [-0.4, -0.2) is 29.8 Å². The van der Waals surface area contributed by atoms with E-state index < -0.39 is 0 Å². The third-order valence-corrected chi connectivity index (χ3v) is 3.48. The molecule has 102 valence electrons. The maximum absolute atomic E-state index is 6.04. The van der Waals surface area contributed by atoms with Gasteiger partial charge in [0.25, 0.3) is 5.17 Å². The summed E-state index contributed by atoms with van der Waals surface area (Å²) in [6.45, 7) is 5.93. The zero-order valence-corrected chi connectivity index (χ0v) is 12.2. The van der Waals surface area contributed by atoms with E-state index in [9.17, 15) is 0 Å². The first-order valence-corrected chi connectivity index (χ1v) is 6.99. The standard InChI is InChI=1S/C14H16ClNO2S/c1-2-9-17-13-10-11(5-6-12(13)15)18-14(19)16-7-3-4-8-16/h2,5-6,10H,1,3-4,7-9H2. The molecule has 0 aliphatic carbocycles. The van der Waals surface area contributed by atoms with Crippen LogP contribution in [-0.2, 0) is 0 Å². The Morgan fingerprint density at radius 1 is 1.42 bits per heavy atom. The molecule has 0 N–H and O–H groups in total. The Hall–Kier alpha value is -1.26. The van der Waals surface area contributed by atoms with Gasteiger partial charge in [0.15, 0.2) is 0 Å². The minimum atomic E-state index is 0.403. The van der Waals surface area contributed by atoms with Crippen LogP contribution in [0, 0.1) is 0 Å². The second kappa shape index (κ2) is 6.78. The van der Waals surface area contributed by atoms with Crippen molar-refractivity contribution in [2.45, 2.75) is 12.8 Å². The number of halogens is 1. The lowest BCUT2D eigenvalue weighted by Gasteiger charge is -2.18. The number of thiocarbonyl (C=S) groups is 1. The van der Waals surface area contributed by atoms with Gasteiger partial charge in [0.05, 0.1) is 5.02 Å². The number of hydrogen-bond donors (Lipinski definition) is 0. The Morgan fingerprint density at radius 2 is 2.16 bits per heavy atom. The highest BCUT2D eigenvalue weighted by Crippen LogP contribution is 2.29. The van der Waals surface area contributed by atoms with Gasteiger partial charge in [0, 0.05) is 19.2 Å². The third kappa shape index (κ3) is 3.85. The van der Waals surface area contributed by atoms with Crippen molar-refractivity contribution in [2.75, 3.05) is 19.7 Å². The Bertz CT molecular complexity index is 473. The summed E-state index contributed by atoms with van der Waals surface area (Å²) in [5.41, 5.74) is 0. The van der Waals surface area contributed by atoms with E-state index in [2.05, 4.69) is 11.5 Å². The number of hydrogen-bond acceptors (Lipinski definition) is 3. The van der Waals surface area contributed by atoms with Crippen molar-refractivity contribution in [3.63, 3.8) is 0 Å². The molecule has 19 heavy (non-hydrogen) atoms. The first-order valence-electron chi connectivity index (χ1n) is 6.20. The first kappa shape index (κ1) is 14.2. The normalized spacial score (nSPS) is 14.3. The topological polar surface area (TPSA) is 21.7 Å². The molecule has 0 aromatic heterocycles. The Kier molecular flexibility index (Phi) is 5.05. The molecule has 1 aromatic rings. The number of benzene rings is 1. The van der Waals surface area contributed by atoms with Gasteiger partial charge < -0.3 is 14.4 Å². The van der Waals surface area contributed by atoms with E-state index in [1.165, 1.54) is 0 Å². The highest BCUT2D eigenvalue weighted by Gasteiger charge is 2.16. The van der Waals surface area contributed by atoms with E-state index in [0.29, 0.717) is 28.3 Å². The minimum Gasteiger partial charge on any atom is -0.488 e. The minimum absolute atomic E-state index is 0.403. The quantitative estimate of drug-likeness (QED) is 0.624. The number of ether oxygens (including phenoxy) is 2. The number of rotatable bonds is 4. The summed E-state index contributed by atoms with van der Waals surface area (Å²) in [4.78, 5) is 2.06. The van der Waals surface area contributed by atoms with Crippen molar-refractivity contribution in [2.24, 2.45) is 0 Å². The van der Waals surface area contributed by atoms with Crippen molar-refractivity contribution < 1.29 is 9.47 Å². The van der Waals surface area contributed by atoms with Gasteiger partial charge in [-0.2, -0.15) is 0 Å². The molecule has 1 saturated heterocycles. The Balaban J connectivity index is 2.03. The maximum Gasteiger partial charge on any atom is 0.264 e. The van der Waals surface area contributed by atoms with Gasteiger partial charge in [0.2, 0.25) is 0 Å². The summed E-state index contributed by atoms with van der Waals surface area (Å²) >= 11 is 11.3. The monoisotopic (exact) mass is 297 g/mol. The molecule has 0 radical (unpaired) electrons. The van der Waals surface area contributed by atoms with Gasteiger partial charge in [-0.05, 0) is 37.2 Å². The van der Waals surface area contributed by atoms with E-state index in [-0.39, 0.29) is 0 Å². The molecule has 0 spiro atoms. The molecule has 1 heterocycles. The number of likely N-dealkylation sites (tertiary alicyclic amines) is 1. The van der Waals surface area contributed by atoms with Crippen LogP contribution in [0.25, 0.3) is 0 Å². The van der Waals surface area contributed by atoms with Crippen molar-refractivity contribution in [1.29, 1.82) is 0 Å². The number of nitrogens with zero attached hydrogens (tertiary/aromatic N) is 1. The summed E-state index contributed by atoms with van der Waals surface area (Å²) < 4.78 is 11.1. The largest absolute Gasteiger partial charge is 0.488 e. The fourth-order valence-electron chi connectivity index (χ4n) is 1.87. The molecule has 0 amide bonds. The summed E-state index contributed by atoms with van der Waals surface area (Å²) in [6, 6.07) is 5.27. The SMILES string of the molecule is C=CCOc1cc(OC(=S)N2CCCC2)ccc1Cl. The van der Waals surface area contributed by atoms with Crippen LogP contribution in [0.15, 0.2) is 30.9 Å². The molecule has 1 aliphatic heterocycles. The van der Waals surface area contributed by atoms with Crippen LogP contribution >= 0.6 is 23.8 Å². The second-order valence-electron chi connectivity index (χ2n) is 4.25. The average molecular weight is 298 g/mol. The predicted octanol–water partition coefficient (Wildman–Crippen LogP) is 3.66. The molecule has 0 saturated carbocycles. The molecule has 1 aliphatic rings. The van der Waals surface area contributed by atoms with Crippen molar-refractivity contribution in [3.05, 3.63) is 35.9 Å². The fraction of sp³-hybridized carbons (Fsp3) is 0.357. The highest BCUT2D eigenvalue weighted by atomic mass is 35.5. The predicted molar refractivity (Wildman–Crippen MR) is 81.2 cm³/mol. The first-order chi connectivity index (χ1) is 9.20. The van der Waals surface area contributed by atoms with Crippen molar-refractivity contribution in [1.82, 2.24) is 4.90 Å². The van der Waals surface area contributed by atoms with Gasteiger partial charge in [0.1, 0.15) is 18.1 Å². The molecule has 1 fully saturated rings. The van der Waals surface area contributed by atoms with Crippen LogP contribution in [0.4, 0.5) is 0 Å². The maximum atomic E-state index is 6.04. The zero-order valence-electron chi connectivity index (χ0n) is 10.6. The molecule has 2 rings (SSSR count). The molecule has 3 nitrogen and oxygen atoms in total. The molecule has 0 atom stereocenters. The molecule has 0 unspecified atom stereocenters. The van der Waals surface area contributed by atoms with E-state index in [0.717, 1.165) is 25.9 Å². The van der Waals surface area contributed by atoms with Crippen molar-refractivity contribution in [3.8, 4) is 11.5 Å². The van der Waals surface area contributed by atoms with Crippen molar-refractivity contribution >= 4 is 29.0 Å². The average Bonchev–Trinajstić information content (AvgIpc) is 2.93. The zero-order chi connectivity index (χ0) is 13.7. The summed E-state index contributed by atoms with van der Waals surface area (Å²) in [6.07, 6.45) is 3.99. The summed E-state index contributed by atoms with van der Waals surface area (Å²) in [5, 5.41) is 1.05. The van der Waals surface area contributed by atoms with E-state index in [1.807, 2.05) is 0 Å². The van der Waals surface area contributed by atoms with Gasteiger partial charge >= 0.3 is 0 Å². The van der Waals surface area contributed by atoms with Gasteiger partial charge in [-0.15, -0.1) is 0 Å². The fourth-order valence-corrected chi connectivity index (χ4v) is 2.32. The van der Waals surface area contributed by atoms with Gasteiger partial charge in [-0.25, -0.2) is 0 Å². The lowest BCUT2D eigenvalue weighted by atomic mass is 10.3. The highest BCUT2D eigenvalue weighted by molar-refractivity contribution is 7.80. The molecular weight excluding hydrogens is 282 g/mol. The smallest absolute Gasteiger partial charge is 0.264 e. The lowest BCUT2D eigenvalue weighted by molar-refractivity contribution is 0.359. The van der Waals surface area contributed by atoms with Crippen LogP contribution in [0.2, 0.25) is 5.02 Å². The molecule has 5 heteroatoms. The van der Waals surface area contributed by atoms with Crippen LogP contribution in [0.5, 0.6) is 11.5 Å². The van der Waals surface area contributed by atoms with E-state index in [4.69, 9.17) is 33.3 Å². The van der Waals surface area contributed by atoms with Gasteiger partial charge in [-0.3, -0.25) is 0 Å². The Morgan fingerprint density at radius 3 is 2.84 bits per heavy atom. The Labute approximate surface area is 123 Å². The van der Waals surface area contributed by atoms with E-state index in [1.54, 1.807) is 24.3 Å².